The molecular formula is C17H22BrN3O2. The normalized spacial score (nSPS) is 12.6. The maximum absolute atomic E-state index is 12.7. The lowest BCUT2D eigenvalue weighted by Gasteiger charge is -2.22. The summed E-state index contributed by atoms with van der Waals surface area (Å²) in [5.74, 6) is 0.199. The van der Waals surface area contributed by atoms with Crippen molar-refractivity contribution in [3.8, 4) is 0 Å². The number of aromatic nitrogens is 1. The van der Waals surface area contributed by atoms with Crippen molar-refractivity contribution < 1.29 is 4.79 Å². The monoisotopic (exact) mass is 379 g/mol. The van der Waals surface area contributed by atoms with Crippen LogP contribution in [-0.4, -0.2) is 35.4 Å². The van der Waals surface area contributed by atoms with Gasteiger partial charge in [-0.25, -0.2) is 0 Å². The minimum Gasteiger partial charge on any atom is -0.342 e. The molecule has 5 nitrogen and oxygen atoms in total. The molecule has 1 heterocycles. The topological polar surface area (TPSA) is 79.2 Å². The highest BCUT2D eigenvalue weighted by atomic mass is 79.9. The number of benzene rings is 1. The summed E-state index contributed by atoms with van der Waals surface area (Å²) in [4.78, 5) is 28.9. The van der Waals surface area contributed by atoms with Crippen LogP contribution in [0.4, 0.5) is 0 Å². The number of nitrogens with one attached hydrogen (secondary N) is 1. The van der Waals surface area contributed by atoms with E-state index in [0.717, 1.165) is 16.3 Å². The molecule has 0 aliphatic heterocycles. The van der Waals surface area contributed by atoms with Gasteiger partial charge in [-0.3, -0.25) is 9.59 Å². The molecule has 3 N–H and O–H groups in total. The summed E-state index contributed by atoms with van der Waals surface area (Å²) < 4.78 is 0.857. The fraction of sp³-hybridized carbons (Fsp3) is 0.412. The first-order valence-electron chi connectivity index (χ1n) is 7.63. The molecule has 0 spiro atoms. The van der Waals surface area contributed by atoms with Gasteiger partial charge in [0, 0.05) is 41.1 Å². The molecule has 1 atom stereocenters. The number of hydrogen-bond acceptors (Lipinski definition) is 3. The van der Waals surface area contributed by atoms with Crippen molar-refractivity contribution in [1.29, 1.82) is 0 Å². The number of carbonyl (C=O) groups is 1. The first-order chi connectivity index (χ1) is 10.8. The van der Waals surface area contributed by atoms with Crippen LogP contribution in [0.25, 0.3) is 10.9 Å². The fourth-order valence-electron chi connectivity index (χ4n) is 2.39. The number of nitrogens with two attached hydrogens (primary N) is 1. The molecule has 0 aliphatic carbocycles. The van der Waals surface area contributed by atoms with E-state index >= 15 is 0 Å². The SMILES string of the molecule is CC(C)C(N)CCN(C)C(=O)c1cc(=O)[nH]c2ccc(Br)cc12. The van der Waals surface area contributed by atoms with E-state index in [2.05, 4.69) is 34.8 Å². The van der Waals surface area contributed by atoms with E-state index in [-0.39, 0.29) is 17.5 Å². The van der Waals surface area contributed by atoms with Gasteiger partial charge in [-0.15, -0.1) is 0 Å². The Bertz CT molecular complexity index is 770. The number of carbonyl (C=O) groups excluding carboxylic acids is 1. The van der Waals surface area contributed by atoms with E-state index in [9.17, 15) is 9.59 Å². The van der Waals surface area contributed by atoms with Crippen molar-refractivity contribution in [2.45, 2.75) is 26.3 Å². The van der Waals surface area contributed by atoms with Gasteiger partial charge in [-0.2, -0.15) is 0 Å². The van der Waals surface area contributed by atoms with E-state index in [4.69, 9.17) is 5.73 Å². The van der Waals surface area contributed by atoms with Gasteiger partial charge >= 0.3 is 0 Å². The van der Waals surface area contributed by atoms with Gasteiger partial charge < -0.3 is 15.6 Å². The predicted molar refractivity (Wildman–Crippen MR) is 96.7 cm³/mol. The molecule has 6 heteroatoms. The maximum atomic E-state index is 12.7. The van der Waals surface area contributed by atoms with Crippen LogP contribution in [0.5, 0.6) is 0 Å². The maximum Gasteiger partial charge on any atom is 0.254 e. The molecule has 2 rings (SSSR count). The first-order valence-corrected chi connectivity index (χ1v) is 8.42. The fourth-order valence-corrected chi connectivity index (χ4v) is 2.75. The van der Waals surface area contributed by atoms with Crippen LogP contribution in [0.1, 0.15) is 30.6 Å². The largest absolute Gasteiger partial charge is 0.342 e. The van der Waals surface area contributed by atoms with Gasteiger partial charge in [-0.05, 0) is 30.5 Å². The molecule has 0 bridgehead atoms. The number of amides is 1. The molecule has 0 saturated heterocycles. The Balaban J connectivity index is 2.30. The molecule has 23 heavy (non-hydrogen) atoms. The molecule has 0 saturated carbocycles. The summed E-state index contributed by atoms with van der Waals surface area (Å²) in [7, 11) is 1.74. The van der Waals surface area contributed by atoms with Crippen LogP contribution < -0.4 is 11.3 Å². The number of pyridine rings is 1. The van der Waals surface area contributed by atoms with Crippen LogP contribution in [0.2, 0.25) is 0 Å². The van der Waals surface area contributed by atoms with Crippen LogP contribution in [0.15, 0.2) is 33.5 Å². The van der Waals surface area contributed by atoms with Gasteiger partial charge in [0.1, 0.15) is 0 Å². The number of rotatable bonds is 5. The van der Waals surface area contributed by atoms with Crippen molar-refractivity contribution in [1.82, 2.24) is 9.88 Å². The third kappa shape index (κ3) is 4.20. The van der Waals surface area contributed by atoms with E-state index < -0.39 is 0 Å². The van der Waals surface area contributed by atoms with Crippen LogP contribution in [0, 0.1) is 5.92 Å². The average Bonchev–Trinajstić information content (AvgIpc) is 2.51. The summed E-state index contributed by atoms with van der Waals surface area (Å²) in [6.45, 7) is 4.68. The number of H-pyrrole nitrogens is 1. The van der Waals surface area contributed by atoms with Crippen LogP contribution in [0.3, 0.4) is 0 Å². The second-order valence-corrected chi connectivity index (χ2v) is 7.08. The minimum absolute atomic E-state index is 0.0512. The van der Waals surface area contributed by atoms with Gasteiger partial charge in [0.25, 0.3) is 5.91 Å². The Hall–Kier alpha value is -1.66. The highest BCUT2D eigenvalue weighted by molar-refractivity contribution is 9.10. The summed E-state index contributed by atoms with van der Waals surface area (Å²) >= 11 is 3.40. The Kier molecular flexibility index (Phi) is 5.59. The quantitative estimate of drug-likeness (QED) is 0.837. The molecule has 1 unspecified atom stereocenters. The van der Waals surface area contributed by atoms with Gasteiger partial charge in [0.15, 0.2) is 0 Å². The number of hydrogen-bond donors (Lipinski definition) is 2. The number of fused-ring (bicyclic) bond motifs is 1. The lowest BCUT2D eigenvalue weighted by Crippen LogP contribution is -2.35. The average molecular weight is 380 g/mol. The van der Waals surface area contributed by atoms with Crippen LogP contribution >= 0.6 is 15.9 Å². The summed E-state index contributed by atoms with van der Waals surface area (Å²) in [6, 6.07) is 6.86. The highest BCUT2D eigenvalue weighted by Crippen LogP contribution is 2.21. The van der Waals surface area contributed by atoms with Crippen molar-refractivity contribution in [3.05, 3.63) is 44.7 Å². The second-order valence-electron chi connectivity index (χ2n) is 6.16. The molecule has 2 aromatic rings. The summed E-state index contributed by atoms with van der Waals surface area (Å²) in [5, 5.41) is 0.726. The first kappa shape index (κ1) is 17.7. The Morgan fingerprint density at radius 3 is 2.70 bits per heavy atom. The standard InChI is InChI=1S/C17H22BrN3O2/c1-10(2)14(19)6-7-21(3)17(23)13-9-16(22)20-15-5-4-11(18)8-12(13)15/h4-5,8-10,14H,6-7,19H2,1-3H3,(H,20,22). The second kappa shape index (κ2) is 7.27. The molecular weight excluding hydrogens is 358 g/mol. The van der Waals surface area contributed by atoms with Crippen LogP contribution in [-0.2, 0) is 0 Å². The van der Waals surface area contributed by atoms with E-state index in [1.54, 1.807) is 18.0 Å². The lowest BCUT2D eigenvalue weighted by molar-refractivity contribution is 0.0791. The Labute approximate surface area is 144 Å². The summed E-state index contributed by atoms with van der Waals surface area (Å²) in [6.07, 6.45) is 0.727. The lowest BCUT2D eigenvalue weighted by atomic mass is 10.0. The van der Waals surface area contributed by atoms with Crippen molar-refractivity contribution in [2.75, 3.05) is 13.6 Å². The van der Waals surface area contributed by atoms with Crippen molar-refractivity contribution in [3.63, 3.8) is 0 Å². The third-order valence-corrected chi connectivity index (χ3v) is 4.53. The van der Waals surface area contributed by atoms with Gasteiger partial charge in [0.05, 0.1) is 5.56 Å². The number of halogens is 1. The van der Waals surface area contributed by atoms with Gasteiger partial charge in [0.2, 0.25) is 5.56 Å². The minimum atomic E-state index is -0.282. The zero-order chi connectivity index (χ0) is 17.1. The molecule has 1 aromatic carbocycles. The van der Waals surface area contributed by atoms with Crippen molar-refractivity contribution in [2.24, 2.45) is 11.7 Å². The Morgan fingerprint density at radius 2 is 2.04 bits per heavy atom. The molecule has 1 amide bonds. The van der Waals surface area contributed by atoms with E-state index in [1.807, 2.05) is 12.1 Å². The zero-order valence-corrected chi connectivity index (χ0v) is 15.2. The summed E-state index contributed by atoms with van der Waals surface area (Å²) in [5.41, 5.74) is 6.81. The molecule has 0 radical (unpaired) electrons. The van der Waals surface area contributed by atoms with Crippen molar-refractivity contribution >= 4 is 32.7 Å². The predicted octanol–water partition coefficient (Wildman–Crippen LogP) is 2.74. The Morgan fingerprint density at radius 1 is 1.35 bits per heavy atom. The number of nitrogens with zero attached hydrogens (tertiary/aromatic N) is 1. The van der Waals surface area contributed by atoms with E-state index in [1.165, 1.54) is 6.07 Å². The number of aromatic amines is 1. The highest BCUT2D eigenvalue weighted by Gasteiger charge is 2.17. The van der Waals surface area contributed by atoms with E-state index in [0.29, 0.717) is 23.5 Å². The van der Waals surface area contributed by atoms with Gasteiger partial charge in [-0.1, -0.05) is 29.8 Å². The smallest absolute Gasteiger partial charge is 0.254 e. The molecule has 124 valence electrons. The molecule has 1 aromatic heterocycles. The zero-order valence-electron chi connectivity index (χ0n) is 13.6. The molecule has 0 aliphatic rings. The third-order valence-electron chi connectivity index (χ3n) is 4.04. The molecule has 0 fully saturated rings.